The van der Waals surface area contributed by atoms with Crippen LogP contribution in [0.3, 0.4) is 0 Å². The maximum absolute atomic E-state index is 5.57. The number of thiazole rings is 1. The minimum atomic E-state index is 0.578. The molecule has 6 nitrogen and oxygen atoms in total. The third-order valence-electron chi connectivity index (χ3n) is 6.01. The van der Waals surface area contributed by atoms with E-state index >= 15 is 0 Å². The number of hydrogen-bond acceptors (Lipinski definition) is 6. The van der Waals surface area contributed by atoms with Gasteiger partial charge in [0.2, 0.25) is 10.6 Å². The van der Waals surface area contributed by atoms with Gasteiger partial charge in [0.25, 0.3) is 0 Å². The van der Waals surface area contributed by atoms with E-state index in [2.05, 4.69) is 40.7 Å². The maximum Gasteiger partial charge on any atom is 0.206 e. The summed E-state index contributed by atoms with van der Waals surface area (Å²) in [6.07, 6.45) is 4.21. The van der Waals surface area contributed by atoms with Crippen LogP contribution in [0.15, 0.2) is 57.9 Å². The van der Waals surface area contributed by atoms with E-state index < -0.39 is 0 Å². The Bertz CT molecular complexity index is 1150. The summed E-state index contributed by atoms with van der Waals surface area (Å²) >= 11 is 1.59. The number of rotatable bonds is 7. The molecule has 0 spiro atoms. The fraction of sp³-hybridized carbons (Fsp3) is 0.385. The summed E-state index contributed by atoms with van der Waals surface area (Å²) in [6.45, 7) is 2.75. The average Bonchev–Trinajstić information content (AvgIpc) is 3.26. The smallest absolute Gasteiger partial charge is 0.206 e. The Labute approximate surface area is 199 Å². The van der Waals surface area contributed by atoms with E-state index in [9.17, 15) is 0 Å². The van der Waals surface area contributed by atoms with Gasteiger partial charge < -0.3 is 14.2 Å². The van der Waals surface area contributed by atoms with E-state index in [1.807, 2.05) is 23.7 Å². The molecule has 0 radical (unpaired) electrons. The highest BCUT2D eigenvalue weighted by Gasteiger charge is 2.21. The zero-order valence-electron chi connectivity index (χ0n) is 19.7. The normalized spacial score (nSPS) is 16.5. The Morgan fingerprint density at radius 1 is 0.970 bits per heavy atom. The predicted octanol–water partition coefficient (Wildman–Crippen LogP) is 5.72. The molecule has 0 unspecified atom stereocenters. The van der Waals surface area contributed by atoms with Gasteiger partial charge in [-0.25, -0.2) is 4.68 Å². The molecule has 0 bridgehead atoms. The minimum Gasteiger partial charge on any atom is -0.493 e. The molecule has 33 heavy (non-hydrogen) atoms. The van der Waals surface area contributed by atoms with E-state index in [1.54, 1.807) is 32.7 Å². The summed E-state index contributed by atoms with van der Waals surface area (Å²) in [4.78, 5) is 5.57. The average molecular weight is 466 g/mol. The van der Waals surface area contributed by atoms with Crippen LogP contribution in [0, 0.1) is 0 Å². The molecule has 1 heterocycles. The molecule has 174 valence electrons. The van der Waals surface area contributed by atoms with Gasteiger partial charge >= 0.3 is 0 Å². The topological polar surface area (TPSA) is 57.3 Å². The second-order valence-corrected chi connectivity index (χ2v) is 8.79. The molecule has 1 saturated carbocycles. The molecule has 4 rings (SSSR count). The first-order chi connectivity index (χ1) is 16.2. The molecule has 1 aliphatic rings. The first-order valence-corrected chi connectivity index (χ1v) is 12.2. The van der Waals surface area contributed by atoms with E-state index in [-0.39, 0.29) is 0 Å². The molecule has 7 heteroatoms. The molecular formula is C26H31N3O3S. The summed E-state index contributed by atoms with van der Waals surface area (Å²) < 4.78 is 18.6. The number of aromatic nitrogens is 1. The molecular weight excluding hydrogens is 434 g/mol. The Kier molecular flexibility index (Phi) is 7.50. The van der Waals surface area contributed by atoms with Crippen LogP contribution < -0.4 is 19.0 Å². The monoisotopic (exact) mass is 465 g/mol. The summed E-state index contributed by atoms with van der Waals surface area (Å²) in [6, 6.07) is 14.7. The van der Waals surface area contributed by atoms with Gasteiger partial charge in [-0.05, 0) is 56.2 Å². The van der Waals surface area contributed by atoms with Crippen molar-refractivity contribution in [2.24, 2.45) is 10.1 Å². The summed E-state index contributed by atoms with van der Waals surface area (Å²) in [5, 5.41) is 7.18. The van der Waals surface area contributed by atoms with Gasteiger partial charge in [0, 0.05) is 23.2 Å². The Hall–Kier alpha value is -3.06. The van der Waals surface area contributed by atoms with Crippen molar-refractivity contribution in [2.75, 3.05) is 27.9 Å². The summed E-state index contributed by atoms with van der Waals surface area (Å²) in [5.41, 5.74) is 4.55. The van der Waals surface area contributed by atoms with Gasteiger partial charge in [0.05, 0.1) is 27.0 Å². The predicted molar refractivity (Wildman–Crippen MR) is 134 cm³/mol. The first-order valence-electron chi connectivity index (χ1n) is 11.3. The van der Waals surface area contributed by atoms with Crippen molar-refractivity contribution in [3.63, 3.8) is 0 Å². The molecule has 2 aromatic carbocycles. The standard InChI is InChI=1S/C26H31N3O3S/c1-5-27-26-29(28-21-13-11-19(12-14-21)18-9-7-6-8-10-18)22(17-33-26)20-15-23(30-2)25(32-4)24(16-20)31-3/h6-10,15-17,19H,5,11-14H2,1-4H3. The van der Waals surface area contributed by atoms with Crippen molar-refractivity contribution < 1.29 is 14.2 Å². The third kappa shape index (κ3) is 4.98. The quantitative estimate of drug-likeness (QED) is 0.448. The van der Waals surface area contributed by atoms with Gasteiger partial charge in [-0.15, -0.1) is 11.3 Å². The molecule has 0 aliphatic heterocycles. The van der Waals surface area contributed by atoms with Crippen molar-refractivity contribution in [1.82, 2.24) is 4.68 Å². The van der Waals surface area contributed by atoms with E-state index in [1.165, 1.54) is 11.3 Å². The van der Waals surface area contributed by atoms with Crippen molar-refractivity contribution in [2.45, 2.75) is 38.5 Å². The number of hydrogen-bond donors (Lipinski definition) is 0. The molecule has 1 aromatic heterocycles. The van der Waals surface area contributed by atoms with Crippen LogP contribution in [0.2, 0.25) is 0 Å². The highest BCUT2D eigenvalue weighted by atomic mass is 32.1. The van der Waals surface area contributed by atoms with Crippen molar-refractivity contribution in [3.8, 4) is 28.5 Å². The first kappa shape index (κ1) is 23.1. The van der Waals surface area contributed by atoms with Crippen LogP contribution in [0.5, 0.6) is 17.2 Å². The number of methoxy groups -OCH3 is 3. The second kappa shape index (κ2) is 10.7. The molecule has 1 fully saturated rings. The van der Waals surface area contributed by atoms with E-state index in [0.29, 0.717) is 29.7 Å². The minimum absolute atomic E-state index is 0.578. The lowest BCUT2D eigenvalue weighted by atomic mass is 9.83. The maximum atomic E-state index is 5.57. The van der Waals surface area contributed by atoms with E-state index in [4.69, 9.17) is 19.3 Å². The Balaban J connectivity index is 1.69. The summed E-state index contributed by atoms with van der Waals surface area (Å²) in [7, 11) is 4.87. The van der Waals surface area contributed by atoms with Gasteiger partial charge in [-0.1, -0.05) is 30.3 Å². The van der Waals surface area contributed by atoms with Crippen LogP contribution in [0.1, 0.15) is 44.1 Å². The zero-order valence-corrected chi connectivity index (χ0v) is 20.5. The van der Waals surface area contributed by atoms with Crippen molar-refractivity contribution >= 4 is 17.0 Å². The highest BCUT2D eigenvalue weighted by Crippen LogP contribution is 2.41. The van der Waals surface area contributed by atoms with Crippen LogP contribution in [0.25, 0.3) is 11.3 Å². The molecule has 0 atom stereocenters. The van der Waals surface area contributed by atoms with Crippen LogP contribution >= 0.6 is 11.3 Å². The fourth-order valence-corrected chi connectivity index (χ4v) is 5.21. The molecule has 3 aromatic rings. The lowest BCUT2D eigenvalue weighted by molar-refractivity contribution is 0.324. The van der Waals surface area contributed by atoms with Gasteiger partial charge in [0.1, 0.15) is 0 Å². The zero-order chi connectivity index (χ0) is 23.2. The third-order valence-corrected chi connectivity index (χ3v) is 6.87. The fourth-order valence-electron chi connectivity index (χ4n) is 4.32. The Morgan fingerprint density at radius 2 is 1.64 bits per heavy atom. The largest absolute Gasteiger partial charge is 0.493 e. The van der Waals surface area contributed by atoms with Gasteiger partial charge in [-0.3, -0.25) is 4.99 Å². The molecule has 0 saturated heterocycles. The van der Waals surface area contributed by atoms with Crippen molar-refractivity contribution in [1.29, 1.82) is 0 Å². The molecule has 0 N–H and O–H groups in total. The molecule has 1 aliphatic carbocycles. The van der Waals surface area contributed by atoms with Crippen LogP contribution in [0.4, 0.5) is 0 Å². The number of nitrogens with zero attached hydrogens (tertiary/aromatic N) is 3. The lowest BCUT2D eigenvalue weighted by Gasteiger charge is -2.23. The van der Waals surface area contributed by atoms with Gasteiger partial charge in [0.15, 0.2) is 11.5 Å². The second-order valence-electron chi connectivity index (χ2n) is 7.95. The van der Waals surface area contributed by atoms with E-state index in [0.717, 1.165) is 41.7 Å². The lowest BCUT2D eigenvalue weighted by Crippen LogP contribution is -2.18. The van der Waals surface area contributed by atoms with Crippen LogP contribution in [-0.2, 0) is 0 Å². The number of benzene rings is 2. The molecule has 0 amide bonds. The van der Waals surface area contributed by atoms with Crippen LogP contribution in [-0.4, -0.2) is 38.3 Å². The number of ether oxygens (including phenoxy) is 3. The Morgan fingerprint density at radius 3 is 2.21 bits per heavy atom. The summed E-state index contributed by atoms with van der Waals surface area (Å²) in [5.74, 6) is 2.42. The SMILES string of the molecule is CCN=c1scc(-c2cc(OC)c(OC)c(OC)c2)n1N=C1CCC(c2ccccc2)CC1. The van der Waals surface area contributed by atoms with Crippen molar-refractivity contribution in [3.05, 3.63) is 58.2 Å². The van der Waals surface area contributed by atoms with Gasteiger partial charge in [-0.2, -0.15) is 5.10 Å². The highest BCUT2D eigenvalue weighted by molar-refractivity contribution is 7.07.